The van der Waals surface area contributed by atoms with Gasteiger partial charge in [0.25, 0.3) is 0 Å². The molecule has 0 aromatic rings. The lowest BCUT2D eigenvalue weighted by Gasteiger charge is -2.09. The molecule has 0 fully saturated rings. The minimum absolute atomic E-state index is 0.694. The van der Waals surface area contributed by atoms with Crippen LogP contribution in [-0.4, -0.2) is 13.2 Å². The van der Waals surface area contributed by atoms with E-state index >= 15 is 0 Å². The summed E-state index contributed by atoms with van der Waals surface area (Å²) in [6.07, 6.45) is 9.37. The Labute approximate surface area is 101 Å². The summed E-state index contributed by atoms with van der Waals surface area (Å²) in [6, 6.07) is 0. The van der Waals surface area contributed by atoms with Crippen molar-refractivity contribution in [1.82, 2.24) is 5.09 Å². The lowest BCUT2D eigenvalue weighted by molar-refractivity contribution is 0.379. The maximum absolute atomic E-state index is 5.89. The number of halogens is 1. The summed E-state index contributed by atoms with van der Waals surface area (Å²) in [4.78, 5) is 0. The van der Waals surface area contributed by atoms with Crippen molar-refractivity contribution in [3.8, 4) is 0 Å². The third-order valence-corrected chi connectivity index (χ3v) is 3.87. The Hall–Kier alpha value is 0.640. The van der Waals surface area contributed by atoms with Crippen LogP contribution in [0.3, 0.4) is 0 Å². The van der Waals surface area contributed by atoms with Crippen LogP contribution in [0.15, 0.2) is 0 Å². The number of hydrogen-bond acceptors (Lipinski definition) is 2. The summed E-state index contributed by atoms with van der Waals surface area (Å²) in [5.74, 6) is 0. The quantitative estimate of drug-likeness (QED) is 0.421. The van der Waals surface area contributed by atoms with Crippen LogP contribution in [0.5, 0.6) is 0 Å². The zero-order valence-corrected chi connectivity index (χ0v) is 11.7. The average molecular weight is 254 g/mol. The standard InChI is InChI=1S/C11H25ClNOP/c1-3-5-6-7-8-9-10-11-13-15(12)14-4-2/h13H,3-11H2,1-2H3. The molecule has 0 aliphatic carbocycles. The highest BCUT2D eigenvalue weighted by Crippen LogP contribution is 2.36. The summed E-state index contributed by atoms with van der Waals surface area (Å²) in [6.45, 7) is 5.90. The van der Waals surface area contributed by atoms with E-state index in [1.54, 1.807) is 0 Å². The molecule has 0 amide bonds. The van der Waals surface area contributed by atoms with E-state index in [9.17, 15) is 0 Å². The molecule has 15 heavy (non-hydrogen) atoms. The second-order valence-corrected chi connectivity index (χ2v) is 5.68. The summed E-state index contributed by atoms with van der Waals surface area (Å²) in [5, 5.41) is 3.19. The Morgan fingerprint density at radius 2 is 1.60 bits per heavy atom. The highest BCUT2D eigenvalue weighted by Gasteiger charge is 2.01. The Balaban J connectivity index is 2.98. The molecule has 0 bridgehead atoms. The van der Waals surface area contributed by atoms with Gasteiger partial charge in [0.15, 0.2) is 0 Å². The highest BCUT2D eigenvalue weighted by atomic mass is 35.7. The van der Waals surface area contributed by atoms with E-state index in [1.807, 2.05) is 6.92 Å². The fourth-order valence-corrected chi connectivity index (χ4v) is 2.61. The van der Waals surface area contributed by atoms with Gasteiger partial charge in [-0.2, -0.15) is 0 Å². The molecule has 1 unspecified atom stereocenters. The molecular weight excluding hydrogens is 229 g/mol. The first-order chi connectivity index (χ1) is 7.31. The second kappa shape index (κ2) is 12.7. The first-order valence-electron chi connectivity index (χ1n) is 6.13. The molecule has 0 rings (SSSR count). The normalized spacial score (nSPS) is 13.0. The Bertz CT molecular complexity index is 127. The van der Waals surface area contributed by atoms with Gasteiger partial charge in [-0.15, -0.1) is 0 Å². The molecule has 0 saturated carbocycles. The van der Waals surface area contributed by atoms with Crippen molar-refractivity contribution in [3.63, 3.8) is 0 Å². The molecule has 4 heteroatoms. The third kappa shape index (κ3) is 12.6. The molecular formula is C11H25ClNOP. The maximum Gasteiger partial charge on any atom is 0.203 e. The van der Waals surface area contributed by atoms with Crippen molar-refractivity contribution in [2.75, 3.05) is 13.2 Å². The van der Waals surface area contributed by atoms with Crippen molar-refractivity contribution in [2.24, 2.45) is 0 Å². The largest absolute Gasteiger partial charge is 0.332 e. The molecule has 1 atom stereocenters. The fraction of sp³-hybridized carbons (Fsp3) is 1.00. The van der Waals surface area contributed by atoms with Crippen molar-refractivity contribution >= 4 is 18.9 Å². The van der Waals surface area contributed by atoms with Gasteiger partial charge in [-0.3, -0.25) is 5.09 Å². The molecule has 0 saturated heterocycles. The van der Waals surface area contributed by atoms with E-state index in [2.05, 4.69) is 12.0 Å². The van der Waals surface area contributed by atoms with Crippen LogP contribution in [0.1, 0.15) is 58.8 Å². The van der Waals surface area contributed by atoms with Crippen LogP contribution in [0.25, 0.3) is 0 Å². The fourth-order valence-electron chi connectivity index (χ4n) is 1.41. The third-order valence-electron chi connectivity index (χ3n) is 2.26. The molecule has 0 aliphatic heterocycles. The van der Waals surface area contributed by atoms with Gasteiger partial charge in [0.2, 0.25) is 7.65 Å². The monoisotopic (exact) mass is 253 g/mol. The second-order valence-electron chi connectivity index (χ2n) is 3.69. The van der Waals surface area contributed by atoms with Gasteiger partial charge >= 0.3 is 0 Å². The van der Waals surface area contributed by atoms with E-state index in [-0.39, 0.29) is 0 Å². The number of rotatable bonds is 11. The number of hydrogen-bond donors (Lipinski definition) is 1. The summed E-state index contributed by atoms with van der Waals surface area (Å²) < 4.78 is 5.22. The van der Waals surface area contributed by atoms with Gasteiger partial charge in [-0.05, 0) is 24.6 Å². The van der Waals surface area contributed by atoms with Crippen LogP contribution in [0.2, 0.25) is 0 Å². The first-order valence-corrected chi connectivity index (χ1v) is 8.30. The predicted molar refractivity (Wildman–Crippen MR) is 70.4 cm³/mol. The molecule has 0 aromatic carbocycles. The lowest BCUT2D eigenvalue weighted by Crippen LogP contribution is -2.07. The zero-order chi connectivity index (χ0) is 11.4. The topological polar surface area (TPSA) is 21.3 Å². The van der Waals surface area contributed by atoms with Gasteiger partial charge < -0.3 is 4.52 Å². The van der Waals surface area contributed by atoms with Crippen LogP contribution >= 0.6 is 18.9 Å². The molecule has 0 radical (unpaired) electrons. The summed E-state index contributed by atoms with van der Waals surface area (Å²) in [5.41, 5.74) is 0. The number of unbranched alkanes of at least 4 members (excludes halogenated alkanes) is 6. The SMILES string of the molecule is CCCCCCCCCNP(Cl)OCC. The first kappa shape index (κ1) is 15.6. The Morgan fingerprint density at radius 3 is 2.20 bits per heavy atom. The Kier molecular flexibility index (Phi) is 13.3. The average Bonchev–Trinajstić information content (AvgIpc) is 2.22. The van der Waals surface area contributed by atoms with Crippen LogP contribution < -0.4 is 5.09 Å². The predicted octanol–water partition coefficient (Wildman–Crippen LogP) is 4.83. The lowest BCUT2D eigenvalue weighted by atomic mass is 10.1. The highest BCUT2D eigenvalue weighted by molar-refractivity contribution is 7.78. The van der Waals surface area contributed by atoms with Crippen LogP contribution in [-0.2, 0) is 4.52 Å². The van der Waals surface area contributed by atoms with E-state index in [0.717, 1.165) is 6.54 Å². The van der Waals surface area contributed by atoms with E-state index < -0.39 is 7.65 Å². The minimum atomic E-state index is -0.889. The van der Waals surface area contributed by atoms with Crippen LogP contribution in [0.4, 0.5) is 0 Å². The van der Waals surface area contributed by atoms with Crippen molar-refractivity contribution in [2.45, 2.75) is 58.8 Å². The smallest absolute Gasteiger partial charge is 0.203 e. The van der Waals surface area contributed by atoms with Crippen molar-refractivity contribution < 1.29 is 4.52 Å². The van der Waals surface area contributed by atoms with Crippen molar-refractivity contribution in [1.29, 1.82) is 0 Å². The van der Waals surface area contributed by atoms with E-state index in [4.69, 9.17) is 15.8 Å². The van der Waals surface area contributed by atoms with Gasteiger partial charge in [-0.1, -0.05) is 45.4 Å². The molecule has 0 spiro atoms. The number of nitrogens with one attached hydrogen (secondary N) is 1. The summed E-state index contributed by atoms with van der Waals surface area (Å²) in [7, 11) is -0.889. The van der Waals surface area contributed by atoms with E-state index in [1.165, 1.54) is 44.9 Å². The minimum Gasteiger partial charge on any atom is -0.332 e. The van der Waals surface area contributed by atoms with Gasteiger partial charge in [-0.25, -0.2) is 0 Å². The Morgan fingerprint density at radius 1 is 1.00 bits per heavy atom. The van der Waals surface area contributed by atoms with Crippen LogP contribution in [0, 0.1) is 0 Å². The van der Waals surface area contributed by atoms with Crippen molar-refractivity contribution in [3.05, 3.63) is 0 Å². The molecule has 0 heterocycles. The van der Waals surface area contributed by atoms with Gasteiger partial charge in [0, 0.05) is 6.54 Å². The van der Waals surface area contributed by atoms with Gasteiger partial charge in [0.05, 0.1) is 6.61 Å². The summed E-state index contributed by atoms with van der Waals surface area (Å²) >= 11 is 5.89. The molecule has 1 N–H and O–H groups in total. The van der Waals surface area contributed by atoms with E-state index in [0.29, 0.717) is 6.61 Å². The molecule has 92 valence electrons. The molecule has 0 aromatic heterocycles. The maximum atomic E-state index is 5.89. The zero-order valence-electron chi connectivity index (χ0n) is 10.1. The van der Waals surface area contributed by atoms with Gasteiger partial charge in [0.1, 0.15) is 0 Å². The molecule has 0 aliphatic rings. The molecule has 2 nitrogen and oxygen atoms in total.